The van der Waals surface area contributed by atoms with Crippen molar-refractivity contribution in [3.8, 4) is 0 Å². The van der Waals surface area contributed by atoms with Crippen LogP contribution >= 0.6 is 34.4 Å². The minimum atomic E-state index is -1.46. The van der Waals surface area contributed by atoms with Gasteiger partial charge in [0.2, 0.25) is 0 Å². The molecule has 0 saturated carbocycles. The van der Waals surface area contributed by atoms with Crippen LogP contribution in [-0.2, 0) is 32.3 Å². The molecule has 6 heterocycles. The number of carboxylic acid groups (broad SMARTS) is 1. The number of amides is 2. The van der Waals surface area contributed by atoms with Crippen molar-refractivity contribution in [2.24, 2.45) is 10.9 Å². The van der Waals surface area contributed by atoms with Crippen molar-refractivity contribution >= 4 is 79.8 Å². The van der Waals surface area contributed by atoms with Gasteiger partial charge < -0.3 is 36.1 Å². The highest BCUT2D eigenvalue weighted by Gasteiger charge is 2.53. The van der Waals surface area contributed by atoms with Crippen molar-refractivity contribution in [2.75, 3.05) is 18.6 Å². The Kier molecular flexibility index (Phi) is 7.83. The molecule has 0 bridgehead atoms. The Morgan fingerprint density at radius 3 is 2.82 bits per heavy atom. The van der Waals surface area contributed by atoms with Gasteiger partial charge in [-0.2, -0.15) is 0 Å². The first-order chi connectivity index (χ1) is 21.1. The molecule has 17 heteroatoms. The summed E-state index contributed by atoms with van der Waals surface area (Å²) in [6, 6.07) is 4.85. The summed E-state index contributed by atoms with van der Waals surface area (Å²) in [5, 5.41) is 30.2. The number of nitrogens with one attached hydrogen (secondary N) is 2. The van der Waals surface area contributed by atoms with Crippen LogP contribution < -0.4 is 26.5 Å². The highest BCUT2D eigenvalue weighted by Crippen LogP contribution is 2.40. The average molecular weight is 652 g/mol. The molecule has 2 atom stereocenters. The second-order valence-corrected chi connectivity index (χ2v) is 12.9. The quantitative estimate of drug-likeness (QED) is 0.0588. The number of nitrogens with zero attached hydrogens (tertiary/aromatic N) is 5. The van der Waals surface area contributed by atoms with Crippen LogP contribution in [0.1, 0.15) is 16.1 Å². The summed E-state index contributed by atoms with van der Waals surface area (Å²) in [6.45, 7) is 0.850. The molecule has 1 fully saturated rings. The van der Waals surface area contributed by atoms with Crippen molar-refractivity contribution in [2.45, 2.75) is 24.5 Å². The van der Waals surface area contributed by atoms with E-state index in [0.717, 1.165) is 27.1 Å². The molecule has 2 aliphatic rings. The van der Waals surface area contributed by atoms with E-state index < -0.39 is 29.2 Å². The predicted molar refractivity (Wildman–Crippen MR) is 164 cm³/mol. The largest absolute Gasteiger partial charge is 0.543 e. The van der Waals surface area contributed by atoms with E-state index in [2.05, 4.69) is 20.0 Å². The molecule has 226 valence electrons. The lowest BCUT2D eigenvalue weighted by Crippen LogP contribution is -2.71. The van der Waals surface area contributed by atoms with Gasteiger partial charge in [-0.05, 0) is 12.1 Å². The molecule has 0 aromatic carbocycles. The van der Waals surface area contributed by atoms with E-state index in [4.69, 9.17) is 21.7 Å². The number of thiazole rings is 1. The van der Waals surface area contributed by atoms with Gasteiger partial charge in [-0.1, -0.05) is 5.16 Å². The van der Waals surface area contributed by atoms with E-state index in [1.165, 1.54) is 35.1 Å². The topological polar surface area (TPSA) is 209 Å². The zero-order valence-corrected chi connectivity index (χ0v) is 25.5. The molecule has 44 heavy (non-hydrogen) atoms. The summed E-state index contributed by atoms with van der Waals surface area (Å²) in [6.07, 6.45) is 5.74. The normalized spacial score (nSPS) is 18.2. The number of amidine groups is 1. The number of anilines is 1. The van der Waals surface area contributed by atoms with Gasteiger partial charge in [0.25, 0.3) is 11.8 Å². The summed E-state index contributed by atoms with van der Waals surface area (Å²) in [5.41, 5.74) is 13.3. The average Bonchev–Trinajstić information content (AvgIpc) is 3.74. The number of carboxylic acids is 1. The summed E-state index contributed by atoms with van der Waals surface area (Å²) < 4.78 is 3.95. The van der Waals surface area contributed by atoms with Gasteiger partial charge in [-0.15, -0.1) is 34.4 Å². The number of rotatable bonds is 10. The van der Waals surface area contributed by atoms with Gasteiger partial charge in [0.1, 0.15) is 30.1 Å². The molecule has 2 amide bonds. The fourth-order valence-electron chi connectivity index (χ4n) is 5.12. The number of β-lactam (4-membered cyclic amide) rings is 1. The third-order valence-electron chi connectivity index (χ3n) is 7.12. The standard InChI is InChI=1S/C27H25N9O5S3/c1-41-33-19(17-12-44-27(30)31-17)23(37)32-20-24(38)36-21(26(39)40)15(11-43-25(20)36)8-34-4-3-18-13(7-34)2-5-35(18)9-16-6-14(10-42-16)22(28)29/h2-7,10,12,20,25H,8-9,11H2,1H3,(H6-,28,29,30,31,32,37,39,40)/b33-19-/t20-,25-/m1/s1. The Hall–Kier alpha value is -4.74. The molecule has 0 radical (unpaired) electrons. The fraction of sp³-hybridized carbons (Fsp3) is 0.222. The monoisotopic (exact) mass is 651 g/mol. The molecule has 1 saturated heterocycles. The van der Waals surface area contributed by atoms with Crippen molar-refractivity contribution in [3.05, 3.63) is 75.0 Å². The van der Waals surface area contributed by atoms with Crippen molar-refractivity contribution < 1.29 is 28.9 Å². The Balaban J connectivity index is 1.18. The number of pyridine rings is 1. The Morgan fingerprint density at radius 1 is 1.32 bits per heavy atom. The maximum absolute atomic E-state index is 13.2. The van der Waals surface area contributed by atoms with Crippen LogP contribution in [0, 0.1) is 5.41 Å². The summed E-state index contributed by atoms with van der Waals surface area (Å²) in [7, 11) is 1.27. The predicted octanol–water partition coefficient (Wildman–Crippen LogP) is -0.184. The van der Waals surface area contributed by atoms with E-state index >= 15 is 0 Å². The zero-order valence-electron chi connectivity index (χ0n) is 23.1. The third-order valence-corrected chi connectivity index (χ3v) is 10.1. The number of oxime groups is 1. The molecule has 4 aromatic heterocycles. The Labute approximate surface area is 262 Å². The summed E-state index contributed by atoms with van der Waals surface area (Å²) >= 11 is 4.01. The van der Waals surface area contributed by atoms with Gasteiger partial charge in [0.05, 0.1) is 29.1 Å². The third kappa shape index (κ3) is 5.40. The first-order valence-electron chi connectivity index (χ1n) is 13.1. The number of thioether (sulfide) groups is 1. The van der Waals surface area contributed by atoms with Crippen LogP contribution in [0.5, 0.6) is 0 Å². The molecule has 0 unspecified atom stereocenters. The van der Waals surface area contributed by atoms with Crippen LogP contribution in [0.4, 0.5) is 5.13 Å². The van der Waals surface area contributed by atoms with Gasteiger partial charge in [0.15, 0.2) is 29.8 Å². The van der Waals surface area contributed by atoms with Crippen LogP contribution in [0.15, 0.2) is 64.0 Å². The molecule has 14 nitrogen and oxygen atoms in total. The molecule has 2 aliphatic heterocycles. The van der Waals surface area contributed by atoms with Gasteiger partial charge >= 0.3 is 0 Å². The number of nitrogen functional groups attached to an aromatic ring is 2. The van der Waals surface area contributed by atoms with Gasteiger partial charge in [0, 0.05) is 44.8 Å². The number of carbonyl (C=O) groups is 3. The highest BCUT2D eigenvalue weighted by atomic mass is 32.2. The van der Waals surface area contributed by atoms with E-state index in [0.29, 0.717) is 23.4 Å². The molecular formula is C27H25N9O5S3. The lowest BCUT2D eigenvalue weighted by Gasteiger charge is -2.50. The second-order valence-electron chi connectivity index (χ2n) is 9.91. The number of nitrogens with two attached hydrogens (primary N) is 2. The zero-order chi connectivity index (χ0) is 31.1. The highest BCUT2D eigenvalue weighted by molar-refractivity contribution is 8.00. The van der Waals surface area contributed by atoms with E-state index in [1.54, 1.807) is 5.38 Å². The van der Waals surface area contributed by atoms with E-state index in [1.807, 2.05) is 46.7 Å². The summed E-state index contributed by atoms with van der Waals surface area (Å²) in [4.78, 5) is 49.5. The molecule has 6 rings (SSSR count). The Bertz CT molecular complexity index is 1890. The second kappa shape index (κ2) is 11.7. The smallest absolute Gasteiger partial charge is 0.276 e. The molecule has 6 N–H and O–H groups in total. The van der Waals surface area contributed by atoms with Crippen molar-refractivity contribution in [1.29, 1.82) is 5.41 Å². The van der Waals surface area contributed by atoms with Crippen molar-refractivity contribution in [1.82, 2.24) is 19.8 Å². The van der Waals surface area contributed by atoms with Crippen LogP contribution in [0.25, 0.3) is 10.9 Å². The Morgan fingerprint density at radius 2 is 2.14 bits per heavy atom. The summed E-state index contributed by atoms with van der Waals surface area (Å²) in [5.74, 6) is -2.38. The molecular weight excluding hydrogens is 627 g/mol. The fourth-order valence-corrected chi connectivity index (χ4v) is 7.88. The molecule has 4 aromatic rings. The maximum Gasteiger partial charge on any atom is 0.276 e. The van der Waals surface area contributed by atoms with Crippen LogP contribution in [0.3, 0.4) is 0 Å². The van der Waals surface area contributed by atoms with Crippen LogP contribution in [0.2, 0.25) is 0 Å². The molecule has 0 aliphatic carbocycles. The SMILES string of the molecule is CO/N=C(\C(=O)N[C@@H]1C(=O)N2C(C(=O)[O-])=C(C[n+]3ccc4c(ccn4Cc4cc(C(=N)N)cs4)c3)CS[C@H]12)c1csc(N)n1. The van der Waals surface area contributed by atoms with Crippen LogP contribution in [-0.4, -0.2) is 68.1 Å². The van der Waals surface area contributed by atoms with Gasteiger partial charge in [-0.25, -0.2) is 9.55 Å². The van der Waals surface area contributed by atoms with Gasteiger partial charge in [-0.3, -0.25) is 19.9 Å². The minimum absolute atomic E-state index is 0.0341. The number of aromatic nitrogens is 3. The first-order valence-corrected chi connectivity index (χ1v) is 15.9. The first kappa shape index (κ1) is 29.3. The number of hydrogen-bond acceptors (Lipinski definition) is 12. The molecule has 0 spiro atoms. The van der Waals surface area contributed by atoms with E-state index in [-0.39, 0.29) is 34.6 Å². The number of hydrogen-bond donors (Lipinski definition) is 4. The van der Waals surface area contributed by atoms with E-state index in [9.17, 15) is 19.5 Å². The number of thiophene rings is 1. The lowest BCUT2D eigenvalue weighted by molar-refractivity contribution is -0.687. The maximum atomic E-state index is 13.2. The lowest BCUT2D eigenvalue weighted by atomic mass is 10.0. The number of carbonyl (C=O) groups excluding carboxylic acids is 3. The van der Waals surface area contributed by atoms with Crippen molar-refractivity contribution in [3.63, 3.8) is 0 Å². The number of aliphatic carboxylic acids is 1. The number of fused-ring (bicyclic) bond motifs is 2. The minimum Gasteiger partial charge on any atom is -0.543 e.